The van der Waals surface area contributed by atoms with Crippen molar-refractivity contribution < 1.29 is 17.5 Å². The summed E-state index contributed by atoms with van der Waals surface area (Å²) in [6.45, 7) is 1.93. The van der Waals surface area contributed by atoms with Crippen molar-refractivity contribution in [1.82, 2.24) is 0 Å². The first-order valence-corrected chi connectivity index (χ1v) is 7.53. The molecule has 1 aromatic rings. The Kier molecular flexibility index (Phi) is 5.71. The third-order valence-corrected chi connectivity index (χ3v) is 4.13. The van der Waals surface area contributed by atoms with Gasteiger partial charge in [0.15, 0.2) is 10.5 Å². The van der Waals surface area contributed by atoms with Crippen LogP contribution in [0.1, 0.15) is 26.2 Å². The van der Waals surface area contributed by atoms with E-state index in [1.165, 1.54) is 12.1 Å². The lowest BCUT2D eigenvalue weighted by Gasteiger charge is -2.10. The lowest BCUT2D eigenvalue weighted by molar-refractivity contribution is -0.387. The Hall–Kier alpha value is -1.18. The monoisotopic (exact) mass is 307 g/mol. The van der Waals surface area contributed by atoms with Gasteiger partial charge in [-0.2, -0.15) is 8.42 Å². The number of rotatable bonds is 7. The van der Waals surface area contributed by atoms with E-state index >= 15 is 0 Å². The zero-order chi connectivity index (χ0) is 14.5. The first-order valence-electron chi connectivity index (χ1n) is 5.69. The Balaban J connectivity index is 2.98. The number of benzene rings is 1. The molecular weight excluding hydrogens is 294 g/mol. The van der Waals surface area contributed by atoms with E-state index in [1.807, 2.05) is 6.92 Å². The fourth-order valence-corrected chi connectivity index (χ4v) is 2.98. The van der Waals surface area contributed by atoms with Crippen LogP contribution in [0, 0.1) is 10.1 Å². The van der Waals surface area contributed by atoms with E-state index in [2.05, 4.69) is 0 Å². The molecule has 0 bridgehead atoms. The quantitative estimate of drug-likeness (QED) is 0.334. The molecule has 0 amide bonds. The molecule has 1 atom stereocenters. The van der Waals surface area contributed by atoms with Gasteiger partial charge in [-0.25, -0.2) is 4.18 Å². The molecule has 0 aliphatic carbocycles. The van der Waals surface area contributed by atoms with Crippen LogP contribution in [-0.4, -0.2) is 18.9 Å². The molecule has 106 valence electrons. The van der Waals surface area contributed by atoms with Crippen LogP contribution in [0.4, 0.5) is 5.69 Å². The predicted octanol–water partition coefficient (Wildman–Crippen LogP) is 3.06. The van der Waals surface area contributed by atoms with Gasteiger partial charge in [0.25, 0.3) is 5.69 Å². The minimum absolute atomic E-state index is 0.359. The molecule has 0 heterocycles. The smallest absolute Gasteiger partial charge is 0.258 e. The number of nitro groups is 1. The number of para-hydroxylation sites is 1. The van der Waals surface area contributed by atoms with Crippen LogP contribution in [0.25, 0.3) is 0 Å². The van der Waals surface area contributed by atoms with Gasteiger partial charge in [-0.15, -0.1) is 0 Å². The Bertz CT molecular complexity index is 546. The summed E-state index contributed by atoms with van der Waals surface area (Å²) in [5.41, 5.74) is -1.55. The van der Waals surface area contributed by atoms with Crippen molar-refractivity contribution >= 4 is 27.4 Å². The molecule has 0 spiro atoms. The highest BCUT2D eigenvalue weighted by Gasteiger charge is 2.28. The standard InChI is InChI=1S/C11H14ClNO5S/c1-2-3-8-11(12)18-19(16,17)10-7-5-4-6-9(10)13(14)15/h4-7,11H,2-3,8H2,1H3. The lowest BCUT2D eigenvalue weighted by atomic mass is 10.3. The number of alkyl halides is 1. The lowest BCUT2D eigenvalue weighted by Crippen LogP contribution is -2.15. The second kappa shape index (κ2) is 6.83. The van der Waals surface area contributed by atoms with Crippen molar-refractivity contribution in [2.24, 2.45) is 0 Å². The highest BCUT2D eigenvalue weighted by Crippen LogP contribution is 2.26. The number of nitro benzene ring substituents is 1. The fraction of sp³-hybridized carbons (Fsp3) is 0.455. The molecule has 0 saturated heterocycles. The van der Waals surface area contributed by atoms with Crippen LogP contribution in [0.15, 0.2) is 29.2 Å². The summed E-state index contributed by atoms with van der Waals surface area (Å²) in [4.78, 5) is 9.52. The first kappa shape index (κ1) is 15.9. The van der Waals surface area contributed by atoms with Crippen LogP contribution in [-0.2, 0) is 14.3 Å². The fourth-order valence-electron chi connectivity index (χ4n) is 1.42. The SMILES string of the molecule is CCCCC(Cl)OS(=O)(=O)c1ccccc1[N+](=O)[O-]. The highest BCUT2D eigenvalue weighted by atomic mass is 35.5. The average molecular weight is 308 g/mol. The van der Waals surface area contributed by atoms with E-state index in [4.69, 9.17) is 15.8 Å². The van der Waals surface area contributed by atoms with Crippen molar-refractivity contribution in [2.45, 2.75) is 36.6 Å². The molecule has 1 rings (SSSR count). The van der Waals surface area contributed by atoms with E-state index in [0.717, 1.165) is 18.6 Å². The number of hydrogen-bond donors (Lipinski definition) is 0. The molecule has 1 aromatic carbocycles. The van der Waals surface area contributed by atoms with Gasteiger partial charge in [-0.05, 0) is 18.9 Å². The van der Waals surface area contributed by atoms with E-state index in [9.17, 15) is 18.5 Å². The highest BCUT2D eigenvalue weighted by molar-refractivity contribution is 7.87. The van der Waals surface area contributed by atoms with Gasteiger partial charge in [-0.1, -0.05) is 37.1 Å². The summed E-state index contributed by atoms with van der Waals surface area (Å²) in [6, 6.07) is 4.99. The molecule has 0 fully saturated rings. The van der Waals surface area contributed by atoms with E-state index in [-0.39, 0.29) is 0 Å². The molecular formula is C11H14ClNO5S. The van der Waals surface area contributed by atoms with Gasteiger partial charge in [0.1, 0.15) is 0 Å². The molecule has 19 heavy (non-hydrogen) atoms. The Morgan fingerprint density at radius 2 is 2.05 bits per heavy atom. The van der Waals surface area contributed by atoms with Crippen LogP contribution in [0.2, 0.25) is 0 Å². The van der Waals surface area contributed by atoms with Gasteiger partial charge in [-0.3, -0.25) is 10.1 Å². The Morgan fingerprint density at radius 3 is 2.63 bits per heavy atom. The molecule has 1 unspecified atom stereocenters. The summed E-state index contributed by atoms with van der Waals surface area (Å²) >= 11 is 5.75. The maximum Gasteiger partial charge on any atom is 0.305 e. The number of nitrogens with zero attached hydrogens (tertiary/aromatic N) is 1. The molecule has 8 heteroatoms. The predicted molar refractivity (Wildman–Crippen MR) is 70.5 cm³/mol. The first-order chi connectivity index (χ1) is 8.88. The maximum atomic E-state index is 11.9. The maximum absolute atomic E-state index is 11.9. The molecule has 6 nitrogen and oxygen atoms in total. The number of hydrogen-bond acceptors (Lipinski definition) is 5. The normalized spacial score (nSPS) is 13.2. The largest absolute Gasteiger partial charge is 0.305 e. The van der Waals surface area contributed by atoms with Gasteiger partial charge in [0.05, 0.1) is 4.92 Å². The van der Waals surface area contributed by atoms with Crippen LogP contribution < -0.4 is 0 Å². The summed E-state index contributed by atoms with van der Waals surface area (Å²) in [6.07, 6.45) is 1.91. The molecule has 0 saturated carbocycles. The van der Waals surface area contributed by atoms with E-state index in [0.29, 0.717) is 12.8 Å². The van der Waals surface area contributed by atoms with Crippen molar-refractivity contribution in [3.05, 3.63) is 34.4 Å². The summed E-state index contributed by atoms with van der Waals surface area (Å²) < 4.78 is 28.6. The molecule has 0 aliphatic rings. The summed E-state index contributed by atoms with van der Waals surface area (Å²) in [5.74, 6) is 0. The van der Waals surface area contributed by atoms with Crippen LogP contribution in [0.3, 0.4) is 0 Å². The average Bonchev–Trinajstić information content (AvgIpc) is 2.35. The molecule has 0 aliphatic heterocycles. The Labute approximate surface area is 116 Å². The van der Waals surface area contributed by atoms with Gasteiger partial charge in [0.2, 0.25) is 0 Å². The van der Waals surface area contributed by atoms with E-state index in [1.54, 1.807) is 0 Å². The summed E-state index contributed by atoms with van der Waals surface area (Å²) in [5, 5.41) is 10.8. The minimum Gasteiger partial charge on any atom is -0.258 e. The molecule has 0 N–H and O–H groups in total. The van der Waals surface area contributed by atoms with Crippen LogP contribution >= 0.6 is 11.6 Å². The zero-order valence-electron chi connectivity index (χ0n) is 10.3. The van der Waals surface area contributed by atoms with E-state index < -0.39 is 31.2 Å². The number of halogens is 1. The molecule has 0 aromatic heterocycles. The van der Waals surface area contributed by atoms with Crippen molar-refractivity contribution in [2.75, 3.05) is 0 Å². The van der Waals surface area contributed by atoms with Gasteiger partial charge >= 0.3 is 10.1 Å². The van der Waals surface area contributed by atoms with Crippen molar-refractivity contribution in [3.8, 4) is 0 Å². The van der Waals surface area contributed by atoms with Gasteiger partial charge in [0, 0.05) is 6.07 Å². The third kappa shape index (κ3) is 4.45. The second-order valence-electron chi connectivity index (χ2n) is 3.83. The number of unbranched alkanes of at least 4 members (excludes halogenated alkanes) is 1. The summed E-state index contributed by atoms with van der Waals surface area (Å²) in [7, 11) is -4.24. The topological polar surface area (TPSA) is 86.5 Å². The zero-order valence-corrected chi connectivity index (χ0v) is 11.9. The third-order valence-electron chi connectivity index (χ3n) is 2.35. The van der Waals surface area contributed by atoms with Gasteiger partial charge < -0.3 is 0 Å². The van der Waals surface area contributed by atoms with Crippen molar-refractivity contribution in [1.29, 1.82) is 0 Å². The van der Waals surface area contributed by atoms with Crippen molar-refractivity contribution in [3.63, 3.8) is 0 Å². The second-order valence-corrected chi connectivity index (χ2v) is 5.85. The minimum atomic E-state index is -4.24. The van der Waals surface area contributed by atoms with Crippen LogP contribution in [0.5, 0.6) is 0 Å². The molecule has 0 radical (unpaired) electrons. The Morgan fingerprint density at radius 1 is 1.42 bits per heavy atom.